The number of thiazole rings is 1. The third-order valence-electron chi connectivity index (χ3n) is 3.26. The fraction of sp³-hybridized carbons (Fsp3) is 0.176. The molecule has 2 heterocycles. The fourth-order valence-electron chi connectivity index (χ4n) is 2.20. The van der Waals surface area contributed by atoms with Crippen LogP contribution in [0.25, 0.3) is 11.3 Å². The molecule has 3 aromatic rings. The Hall–Kier alpha value is -1.69. The molecule has 0 atom stereocenters. The largest absolute Gasteiger partial charge is 0.297 e. The number of carbonyl (C=O) groups is 1. The summed E-state index contributed by atoms with van der Waals surface area (Å²) >= 11 is 8.91. The first-order valence-electron chi connectivity index (χ1n) is 7.28. The van der Waals surface area contributed by atoms with Crippen molar-refractivity contribution >= 4 is 45.3 Å². The first-order chi connectivity index (χ1) is 11.2. The quantitative estimate of drug-likeness (QED) is 0.629. The van der Waals surface area contributed by atoms with E-state index in [9.17, 15) is 4.79 Å². The monoisotopic (exact) mass is 362 g/mol. The summed E-state index contributed by atoms with van der Waals surface area (Å²) in [6.45, 7) is 2.13. The molecule has 1 aromatic carbocycles. The zero-order chi connectivity index (χ0) is 16.2. The van der Waals surface area contributed by atoms with Gasteiger partial charge in [0.15, 0.2) is 5.13 Å². The second kappa shape index (κ2) is 7.25. The number of benzene rings is 1. The second-order valence-corrected chi connectivity index (χ2v) is 7.45. The van der Waals surface area contributed by atoms with Gasteiger partial charge >= 0.3 is 0 Å². The number of nitrogens with zero attached hydrogens (tertiary/aromatic N) is 1. The number of carbonyl (C=O) groups excluding carboxylic acids is 1. The molecule has 0 fully saturated rings. The van der Waals surface area contributed by atoms with E-state index >= 15 is 0 Å². The van der Waals surface area contributed by atoms with Crippen LogP contribution in [0.3, 0.4) is 0 Å². The molecule has 0 unspecified atom stereocenters. The molecule has 0 spiro atoms. The molecule has 3 rings (SSSR count). The lowest BCUT2D eigenvalue weighted by Gasteiger charge is -2.01. The molecule has 0 radical (unpaired) electrons. The third kappa shape index (κ3) is 3.80. The number of rotatable bonds is 5. The number of hydrogen-bond acceptors (Lipinski definition) is 4. The van der Waals surface area contributed by atoms with Crippen molar-refractivity contribution < 1.29 is 4.79 Å². The van der Waals surface area contributed by atoms with E-state index in [2.05, 4.69) is 17.2 Å². The molecule has 1 N–H and O–H groups in total. The lowest BCUT2D eigenvalue weighted by Crippen LogP contribution is -2.09. The predicted molar refractivity (Wildman–Crippen MR) is 98.8 cm³/mol. The Morgan fingerprint density at radius 1 is 1.26 bits per heavy atom. The number of aromatic nitrogens is 1. The van der Waals surface area contributed by atoms with Crippen molar-refractivity contribution in [2.75, 3.05) is 5.32 Å². The van der Waals surface area contributed by atoms with E-state index in [1.165, 1.54) is 27.6 Å². The Morgan fingerprint density at radius 3 is 2.70 bits per heavy atom. The van der Waals surface area contributed by atoms with Crippen LogP contribution in [0.4, 0.5) is 5.13 Å². The van der Waals surface area contributed by atoms with E-state index in [0.29, 0.717) is 15.0 Å². The van der Waals surface area contributed by atoms with Gasteiger partial charge in [0.25, 0.3) is 5.91 Å². The van der Waals surface area contributed by atoms with Gasteiger partial charge in [0.1, 0.15) is 0 Å². The van der Waals surface area contributed by atoms with Gasteiger partial charge in [0, 0.05) is 15.5 Å². The van der Waals surface area contributed by atoms with Gasteiger partial charge in [-0.05, 0) is 30.0 Å². The molecule has 3 nitrogen and oxygen atoms in total. The first kappa shape index (κ1) is 16.2. The van der Waals surface area contributed by atoms with Crippen molar-refractivity contribution in [2.45, 2.75) is 19.8 Å². The number of halogens is 1. The molecular weight excluding hydrogens is 348 g/mol. The highest BCUT2D eigenvalue weighted by molar-refractivity contribution is 7.16. The van der Waals surface area contributed by atoms with E-state index in [0.717, 1.165) is 24.1 Å². The van der Waals surface area contributed by atoms with E-state index in [1.807, 2.05) is 35.7 Å². The molecule has 0 saturated heterocycles. The highest BCUT2D eigenvalue weighted by atomic mass is 35.5. The zero-order valence-electron chi connectivity index (χ0n) is 12.5. The van der Waals surface area contributed by atoms with Crippen molar-refractivity contribution in [2.24, 2.45) is 0 Å². The SMILES string of the molecule is CCCc1sc(NC(=O)c2cccs2)nc1-c1ccc(Cl)cc1. The maximum absolute atomic E-state index is 12.2. The molecule has 0 aliphatic heterocycles. The number of anilines is 1. The Bertz CT molecular complexity index is 795. The van der Waals surface area contributed by atoms with E-state index in [-0.39, 0.29) is 5.91 Å². The smallest absolute Gasteiger partial charge is 0.267 e. The summed E-state index contributed by atoms with van der Waals surface area (Å²) in [5.41, 5.74) is 1.95. The van der Waals surface area contributed by atoms with E-state index in [4.69, 9.17) is 11.6 Å². The zero-order valence-corrected chi connectivity index (χ0v) is 14.9. The van der Waals surface area contributed by atoms with Gasteiger partial charge in [-0.2, -0.15) is 0 Å². The van der Waals surface area contributed by atoms with Crippen molar-refractivity contribution in [3.05, 3.63) is 56.6 Å². The normalized spacial score (nSPS) is 10.7. The van der Waals surface area contributed by atoms with Crippen LogP contribution in [-0.4, -0.2) is 10.9 Å². The van der Waals surface area contributed by atoms with Crippen LogP contribution in [-0.2, 0) is 6.42 Å². The third-order valence-corrected chi connectivity index (χ3v) is 5.41. The molecule has 1 amide bonds. The lowest BCUT2D eigenvalue weighted by molar-refractivity contribution is 0.103. The minimum atomic E-state index is -0.112. The summed E-state index contributed by atoms with van der Waals surface area (Å²) in [4.78, 5) is 18.7. The number of aryl methyl sites for hydroxylation is 1. The fourth-order valence-corrected chi connectivity index (χ4v) is 4.03. The van der Waals surface area contributed by atoms with Gasteiger partial charge < -0.3 is 0 Å². The van der Waals surface area contributed by atoms with Crippen molar-refractivity contribution in [3.8, 4) is 11.3 Å². The number of hydrogen-bond donors (Lipinski definition) is 1. The maximum Gasteiger partial charge on any atom is 0.267 e. The van der Waals surface area contributed by atoms with Crippen LogP contribution in [0.15, 0.2) is 41.8 Å². The topological polar surface area (TPSA) is 42.0 Å². The molecule has 0 bridgehead atoms. The molecule has 23 heavy (non-hydrogen) atoms. The number of nitrogens with one attached hydrogen (secondary N) is 1. The molecule has 118 valence electrons. The summed E-state index contributed by atoms with van der Waals surface area (Å²) in [5.74, 6) is -0.112. The Labute approximate surface area is 148 Å². The Balaban J connectivity index is 1.89. The average Bonchev–Trinajstić information content (AvgIpc) is 3.19. The summed E-state index contributed by atoms with van der Waals surface area (Å²) in [6, 6.07) is 11.3. The summed E-state index contributed by atoms with van der Waals surface area (Å²) < 4.78 is 0. The predicted octanol–water partition coefficient (Wildman–Crippen LogP) is 5.73. The summed E-state index contributed by atoms with van der Waals surface area (Å²) in [6.07, 6.45) is 1.96. The van der Waals surface area contributed by atoms with Crippen LogP contribution < -0.4 is 5.32 Å². The Kier molecular flexibility index (Phi) is 5.10. The van der Waals surface area contributed by atoms with Crippen LogP contribution in [0.2, 0.25) is 5.02 Å². The minimum absolute atomic E-state index is 0.112. The number of amides is 1. The molecule has 2 aromatic heterocycles. The van der Waals surface area contributed by atoms with Gasteiger partial charge in [0.2, 0.25) is 0 Å². The van der Waals surface area contributed by atoms with E-state index < -0.39 is 0 Å². The van der Waals surface area contributed by atoms with Gasteiger partial charge in [-0.3, -0.25) is 10.1 Å². The van der Waals surface area contributed by atoms with Gasteiger partial charge in [-0.15, -0.1) is 22.7 Å². The van der Waals surface area contributed by atoms with Gasteiger partial charge in [-0.1, -0.05) is 43.1 Å². The van der Waals surface area contributed by atoms with Crippen LogP contribution in [0.1, 0.15) is 27.9 Å². The second-order valence-electron chi connectivity index (χ2n) is 4.98. The van der Waals surface area contributed by atoms with Crippen molar-refractivity contribution in [1.82, 2.24) is 4.98 Å². The van der Waals surface area contributed by atoms with Crippen LogP contribution >= 0.6 is 34.3 Å². The van der Waals surface area contributed by atoms with Crippen LogP contribution in [0, 0.1) is 0 Å². The van der Waals surface area contributed by atoms with Crippen molar-refractivity contribution in [1.29, 1.82) is 0 Å². The number of thiophene rings is 1. The minimum Gasteiger partial charge on any atom is -0.297 e. The summed E-state index contributed by atoms with van der Waals surface area (Å²) in [7, 11) is 0. The molecule has 0 aliphatic rings. The highest BCUT2D eigenvalue weighted by Gasteiger charge is 2.15. The highest BCUT2D eigenvalue weighted by Crippen LogP contribution is 2.33. The lowest BCUT2D eigenvalue weighted by atomic mass is 10.1. The van der Waals surface area contributed by atoms with Crippen LogP contribution in [0.5, 0.6) is 0 Å². The summed E-state index contributed by atoms with van der Waals surface area (Å²) in [5, 5.41) is 6.12. The van der Waals surface area contributed by atoms with Gasteiger partial charge in [-0.25, -0.2) is 4.98 Å². The standard InChI is InChI=1S/C17H15ClN2OS2/c1-2-4-13-15(11-6-8-12(18)9-7-11)19-17(23-13)20-16(21)14-5-3-10-22-14/h3,5-10H,2,4H2,1H3,(H,19,20,21). The molecule has 6 heteroatoms. The Morgan fingerprint density at radius 2 is 2.04 bits per heavy atom. The van der Waals surface area contributed by atoms with Gasteiger partial charge in [0.05, 0.1) is 10.6 Å². The first-order valence-corrected chi connectivity index (χ1v) is 9.35. The molecule has 0 aliphatic carbocycles. The average molecular weight is 363 g/mol. The van der Waals surface area contributed by atoms with Crippen molar-refractivity contribution in [3.63, 3.8) is 0 Å². The molecular formula is C17H15ClN2OS2. The molecule has 0 saturated carbocycles. The van der Waals surface area contributed by atoms with E-state index in [1.54, 1.807) is 6.07 Å². The maximum atomic E-state index is 12.2.